The second-order valence-electron chi connectivity index (χ2n) is 2.09. The summed E-state index contributed by atoms with van der Waals surface area (Å²) < 4.78 is 5.07. The summed E-state index contributed by atoms with van der Waals surface area (Å²) in [6.45, 7) is 1.86. The number of aliphatic hydroxyl groups is 1. The van der Waals surface area contributed by atoms with E-state index in [9.17, 15) is 0 Å². The van der Waals surface area contributed by atoms with Crippen molar-refractivity contribution in [2.24, 2.45) is 4.99 Å². The molecule has 0 aromatic rings. The number of aliphatic imine (C=N–C) groups is 1. The molecule has 1 heterocycles. The summed E-state index contributed by atoms with van der Waals surface area (Å²) >= 11 is 0. The van der Waals surface area contributed by atoms with Crippen molar-refractivity contribution in [2.45, 2.75) is 0 Å². The maximum atomic E-state index is 8.36. The lowest BCUT2D eigenvalue weighted by Gasteiger charge is -2.00. The second-order valence-corrected chi connectivity index (χ2v) is 2.09. The fourth-order valence-electron chi connectivity index (χ4n) is 0.742. The van der Waals surface area contributed by atoms with Crippen LogP contribution in [0.25, 0.3) is 0 Å². The number of aliphatic hydroxyl groups excluding tert-OH is 1. The molecule has 0 saturated heterocycles. The van der Waals surface area contributed by atoms with Crippen molar-refractivity contribution >= 4 is 6.21 Å². The van der Waals surface area contributed by atoms with Crippen LogP contribution in [-0.4, -0.2) is 37.7 Å². The Labute approximate surface area is 60.0 Å². The number of rotatable bonds is 4. The fraction of sp³-hybridized carbons (Fsp3) is 0.571. The standard InChI is InChI=1S/C7H11NO2/c9-3-4-10-6-7-1-2-8-5-7/h1-2,9H,3-6H2. The van der Waals surface area contributed by atoms with Crippen LogP contribution in [0.2, 0.25) is 0 Å². The number of hydrogen-bond acceptors (Lipinski definition) is 3. The number of nitrogens with zero attached hydrogens (tertiary/aromatic N) is 1. The molecule has 0 saturated carbocycles. The van der Waals surface area contributed by atoms with Crippen molar-refractivity contribution in [1.29, 1.82) is 0 Å². The SMILES string of the molecule is OCCOCC1=CC=NC1. The van der Waals surface area contributed by atoms with Gasteiger partial charge < -0.3 is 9.84 Å². The molecule has 0 unspecified atom stereocenters. The molecule has 0 spiro atoms. The largest absolute Gasteiger partial charge is 0.394 e. The van der Waals surface area contributed by atoms with Crippen LogP contribution in [0, 0.1) is 0 Å². The molecular formula is C7H11NO2. The summed E-state index contributed by atoms with van der Waals surface area (Å²) in [4.78, 5) is 3.98. The van der Waals surface area contributed by atoms with E-state index < -0.39 is 0 Å². The van der Waals surface area contributed by atoms with E-state index in [0.717, 1.165) is 6.54 Å². The van der Waals surface area contributed by atoms with Crippen molar-refractivity contribution in [1.82, 2.24) is 0 Å². The summed E-state index contributed by atoms with van der Waals surface area (Å²) in [5, 5.41) is 8.36. The molecule has 3 nitrogen and oxygen atoms in total. The third-order valence-corrected chi connectivity index (χ3v) is 1.23. The van der Waals surface area contributed by atoms with Crippen LogP contribution in [0.5, 0.6) is 0 Å². The lowest BCUT2D eigenvalue weighted by molar-refractivity contribution is 0.107. The van der Waals surface area contributed by atoms with E-state index >= 15 is 0 Å². The van der Waals surface area contributed by atoms with Crippen LogP contribution < -0.4 is 0 Å². The summed E-state index contributed by atoms with van der Waals surface area (Å²) in [7, 11) is 0. The molecular weight excluding hydrogens is 130 g/mol. The van der Waals surface area contributed by atoms with Gasteiger partial charge in [-0.2, -0.15) is 0 Å². The van der Waals surface area contributed by atoms with E-state index in [4.69, 9.17) is 9.84 Å². The van der Waals surface area contributed by atoms with Gasteiger partial charge in [-0.05, 0) is 11.6 Å². The number of hydrogen-bond donors (Lipinski definition) is 1. The molecule has 56 valence electrons. The molecule has 1 aliphatic rings. The van der Waals surface area contributed by atoms with E-state index in [1.165, 1.54) is 5.57 Å². The zero-order valence-electron chi connectivity index (χ0n) is 5.79. The van der Waals surface area contributed by atoms with Gasteiger partial charge in [0.2, 0.25) is 0 Å². The number of ether oxygens (including phenoxy) is 1. The predicted molar refractivity (Wildman–Crippen MR) is 39.3 cm³/mol. The maximum Gasteiger partial charge on any atom is 0.0702 e. The Morgan fingerprint density at radius 2 is 2.60 bits per heavy atom. The molecule has 10 heavy (non-hydrogen) atoms. The Kier molecular flexibility index (Phi) is 3.12. The van der Waals surface area contributed by atoms with Gasteiger partial charge in [0.05, 0.1) is 26.4 Å². The molecule has 0 fully saturated rings. The zero-order valence-corrected chi connectivity index (χ0v) is 5.79. The molecule has 3 heteroatoms. The van der Waals surface area contributed by atoms with E-state index in [-0.39, 0.29) is 6.61 Å². The third-order valence-electron chi connectivity index (χ3n) is 1.23. The minimum atomic E-state index is 0.0914. The highest BCUT2D eigenvalue weighted by atomic mass is 16.5. The molecule has 0 aromatic carbocycles. The minimum absolute atomic E-state index is 0.0914. The Morgan fingerprint density at radius 3 is 3.20 bits per heavy atom. The Bertz CT molecular complexity index is 152. The Balaban J connectivity index is 2.04. The molecule has 0 radical (unpaired) electrons. The molecule has 0 aromatic heterocycles. The van der Waals surface area contributed by atoms with Gasteiger partial charge in [-0.25, -0.2) is 0 Å². The van der Waals surface area contributed by atoms with E-state index in [2.05, 4.69) is 4.99 Å². The molecule has 1 aliphatic heterocycles. The van der Waals surface area contributed by atoms with Crippen molar-refractivity contribution in [2.75, 3.05) is 26.4 Å². The first-order chi connectivity index (χ1) is 4.93. The van der Waals surface area contributed by atoms with E-state index in [1.807, 2.05) is 6.08 Å². The van der Waals surface area contributed by atoms with Crippen molar-refractivity contribution in [3.05, 3.63) is 11.6 Å². The number of allylic oxidation sites excluding steroid dienone is 1. The minimum Gasteiger partial charge on any atom is -0.394 e. The first-order valence-electron chi connectivity index (χ1n) is 3.30. The van der Waals surface area contributed by atoms with Crippen LogP contribution in [-0.2, 0) is 4.74 Å². The molecule has 0 aliphatic carbocycles. The first-order valence-corrected chi connectivity index (χ1v) is 3.30. The first kappa shape index (κ1) is 7.44. The molecule has 0 amide bonds. The second kappa shape index (κ2) is 4.19. The van der Waals surface area contributed by atoms with Crippen LogP contribution in [0.4, 0.5) is 0 Å². The van der Waals surface area contributed by atoms with Crippen molar-refractivity contribution < 1.29 is 9.84 Å². The highest BCUT2D eigenvalue weighted by Gasteiger charge is 1.98. The molecule has 1 N–H and O–H groups in total. The van der Waals surface area contributed by atoms with Gasteiger partial charge in [0.15, 0.2) is 0 Å². The average molecular weight is 141 g/mol. The van der Waals surface area contributed by atoms with Gasteiger partial charge in [0, 0.05) is 6.21 Å². The third kappa shape index (κ3) is 2.29. The molecule has 0 atom stereocenters. The van der Waals surface area contributed by atoms with E-state index in [1.54, 1.807) is 6.21 Å². The summed E-state index contributed by atoms with van der Waals surface area (Å²) in [6, 6.07) is 0. The lowest BCUT2D eigenvalue weighted by atomic mass is 10.3. The predicted octanol–water partition coefficient (Wildman–Crippen LogP) is 0.00610. The quantitative estimate of drug-likeness (QED) is 0.560. The highest BCUT2D eigenvalue weighted by Crippen LogP contribution is 2.00. The van der Waals surface area contributed by atoms with Crippen LogP contribution in [0.15, 0.2) is 16.6 Å². The van der Waals surface area contributed by atoms with Crippen LogP contribution in [0.3, 0.4) is 0 Å². The smallest absolute Gasteiger partial charge is 0.0702 e. The van der Waals surface area contributed by atoms with Crippen LogP contribution in [0.1, 0.15) is 0 Å². The van der Waals surface area contributed by atoms with Gasteiger partial charge in [0.25, 0.3) is 0 Å². The van der Waals surface area contributed by atoms with Crippen molar-refractivity contribution in [3.8, 4) is 0 Å². The topological polar surface area (TPSA) is 41.8 Å². The molecule has 0 bridgehead atoms. The van der Waals surface area contributed by atoms with Gasteiger partial charge in [-0.3, -0.25) is 4.99 Å². The fourth-order valence-corrected chi connectivity index (χ4v) is 0.742. The normalized spacial score (nSPS) is 15.9. The summed E-state index contributed by atoms with van der Waals surface area (Å²) in [6.07, 6.45) is 3.72. The summed E-state index contributed by atoms with van der Waals surface area (Å²) in [5.74, 6) is 0. The van der Waals surface area contributed by atoms with E-state index in [0.29, 0.717) is 13.2 Å². The maximum absolute atomic E-state index is 8.36. The Hall–Kier alpha value is -0.670. The zero-order chi connectivity index (χ0) is 7.23. The monoisotopic (exact) mass is 141 g/mol. The van der Waals surface area contributed by atoms with Gasteiger partial charge in [0.1, 0.15) is 0 Å². The Morgan fingerprint density at radius 1 is 1.70 bits per heavy atom. The average Bonchev–Trinajstić information content (AvgIpc) is 2.41. The van der Waals surface area contributed by atoms with Gasteiger partial charge in [-0.1, -0.05) is 0 Å². The van der Waals surface area contributed by atoms with Crippen LogP contribution >= 0.6 is 0 Å². The van der Waals surface area contributed by atoms with Crippen molar-refractivity contribution in [3.63, 3.8) is 0 Å². The molecule has 1 rings (SSSR count). The highest BCUT2D eigenvalue weighted by molar-refractivity contribution is 5.75. The van der Waals surface area contributed by atoms with Gasteiger partial charge in [-0.15, -0.1) is 0 Å². The summed E-state index contributed by atoms with van der Waals surface area (Å²) in [5.41, 5.74) is 1.17. The van der Waals surface area contributed by atoms with Gasteiger partial charge >= 0.3 is 0 Å². The lowest BCUT2D eigenvalue weighted by Crippen LogP contribution is -2.03.